The predicted octanol–water partition coefficient (Wildman–Crippen LogP) is 4.50. The summed E-state index contributed by atoms with van der Waals surface area (Å²) in [4.78, 5) is 36.9. The van der Waals surface area contributed by atoms with E-state index in [1.54, 1.807) is 6.07 Å². The number of carbonyl (C=O) groups excluding carboxylic acids is 3. The number of amides is 3. The van der Waals surface area contributed by atoms with E-state index in [0.29, 0.717) is 21.6 Å². The number of carbonyl (C=O) groups is 3. The number of nitrogens with one attached hydrogen (secondary N) is 2. The lowest BCUT2D eigenvalue weighted by molar-refractivity contribution is -0.155. The van der Waals surface area contributed by atoms with Crippen molar-refractivity contribution in [1.82, 2.24) is 5.32 Å². The molecule has 168 valence electrons. The van der Waals surface area contributed by atoms with E-state index in [-0.39, 0.29) is 11.9 Å². The van der Waals surface area contributed by atoms with Crippen molar-refractivity contribution in [3.8, 4) is 0 Å². The zero-order valence-corrected chi connectivity index (χ0v) is 19.7. The van der Waals surface area contributed by atoms with Gasteiger partial charge >= 0.3 is 12.0 Å². The van der Waals surface area contributed by atoms with Crippen LogP contribution in [-0.2, 0) is 14.3 Å². The van der Waals surface area contributed by atoms with Crippen LogP contribution in [0.2, 0.25) is 0 Å². The number of rotatable bonds is 4. The summed E-state index contributed by atoms with van der Waals surface area (Å²) in [7, 11) is 0. The minimum absolute atomic E-state index is 0.139. The van der Waals surface area contributed by atoms with Crippen molar-refractivity contribution < 1.29 is 19.1 Å². The maximum Gasteiger partial charge on any atom is 0.325 e. The van der Waals surface area contributed by atoms with Crippen LogP contribution in [0.4, 0.5) is 10.5 Å². The van der Waals surface area contributed by atoms with Crippen molar-refractivity contribution in [2.75, 3.05) is 23.4 Å². The number of hydrogen-bond donors (Lipinski definition) is 2. The van der Waals surface area contributed by atoms with Crippen molar-refractivity contribution >= 4 is 47.1 Å². The van der Waals surface area contributed by atoms with Gasteiger partial charge in [0.2, 0.25) is 0 Å². The number of ether oxygens (including phenoxy) is 1. The van der Waals surface area contributed by atoms with E-state index < -0.39 is 18.5 Å². The Morgan fingerprint density at radius 3 is 2.42 bits per heavy atom. The smallest absolute Gasteiger partial charge is 0.325 e. The van der Waals surface area contributed by atoms with Gasteiger partial charge < -0.3 is 10.1 Å². The average molecular weight is 463 g/mol. The number of hydrogen-bond acceptors (Lipinski definition) is 6. The van der Waals surface area contributed by atoms with Gasteiger partial charge in [-0.25, -0.2) is 4.79 Å². The van der Waals surface area contributed by atoms with E-state index in [9.17, 15) is 14.4 Å². The lowest BCUT2D eigenvalue weighted by Crippen LogP contribution is -2.48. The summed E-state index contributed by atoms with van der Waals surface area (Å²) in [6.45, 7) is 3.43. The highest BCUT2D eigenvalue weighted by molar-refractivity contribution is 8.21. The number of aryl methyl sites for hydroxylation is 2. The minimum Gasteiger partial charge on any atom is -0.455 e. The van der Waals surface area contributed by atoms with Crippen LogP contribution in [0.3, 0.4) is 0 Å². The Balaban J connectivity index is 1.25. The Morgan fingerprint density at radius 2 is 1.77 bits per heavy atom. The van der Waals surface area contributed by atoms with Crippen LogP contribution in [0.25, 0.3) is 0 Å². The van der Waals surface area contributed by atoms with E-state index in [1.807, 2.05) is 26.0 Å². The minimum atomic E-state index is -0.627. The maximum absolute atomic E-state index is 12.7. The topological polar surface area (TPSA) is 84.5 Å². The molecule has 1 aliphatic heterocycles. The maximum atomic E-state index is 12.7. The number of urea groups is 1. The molecule has 31 heavy (non-hydrogen) atoms. The molecule has 1 aromatic carbocycles. The summed E-state index contributed by atoms with van der Waals surface area (Å²) in [5.74, 6) is 2.45. The van der Waals surface area contributed by atoms with Gasteiger partial charge in [0, 0.05) is 17.2 Å². The van der Waals surface area contributed by atoms with Crippen molar-refractivity contribution in [2.45, 2.75) is 50.0 Å². The Kier molecular flexibility index (Phi) is 6.86. The van der Waals surface area contributed by atoms with E-state index >= 15 is 0 Å². The van der Waals surface area contributed by atoms with Gasteiger partial charge in [-0.15, -0.1) is 23.5 Å². The first-order valence-corrected chi connectivity index (χ1v) is 13.0. The Labute approximate surface area is 192 Å². The Morgan fingerprint density at radius 1 is 1.10 bits per heavy atom. The van der Waals surface area contributed by atoms with Crippen LogP contribution in [0.1, 0.15) is 43.2 Å². The normalized spacial score (nSPS) is 26.3. The van der Waals surface area contributed by atoms with Gasteiger partial charge in [-0.05, 0) is 63.0 Å². The van der Waals surface area contributed by atoms with Gasteiger partial charge in [0.05, 0.1) is 10.00 Å². The van der Waals surface area contributed by atoms with Crippen LogP contribution < -0.4 is 10.6 Å². The molecule has 3 atom stereocenters. The van der Waals surface area contributed by atoms with Crippen molar-refractivity contribution in [2.24, 2.45) is 17.8 Å². The molecule has 3 aliphatic rings. The van der Waals surface area contributed by atoms with Crippen LogP contribution in [0, 0.1) is 31.6 Å². The first-order valence-electron chi connectivity index (χ1n) is 11.0. The molecule has 1 unspecified atom stereocenters. The molecule has 1 heterocycles. The summed E-state index contributed by atoms with van der Waals surface area (Å²) in [6.07, 6.45) is 5.31. The molecule has 3 amide bonds. The second-order valence-electron chi connectivity index (χ2n) is 8.84. The largest absolute Gasteiger partial charge is 0.455 e. The van der Waals surface area contributed by atoms with E-state index in [0.717, 1.165) is 24.0 Å². The molecule has 1 saturated heterocycles. The monoisotopic (exact) mass is 462 g/mol. The van der Waals surface area contributed by atoms with Gasteiger partial charge in [0.1, 0.15) is 0 Å². The third-order valence-electron chi connectivity index (χ3n) is 6.68. The van der Waals surface area contributed by atoms with Crippen molar-refractivity contribution in [3.05, 3.63) is 29.3 Å². The van der Waals surface area contributed by atoms with Crippen molar-refractivity contribution in [3.63, 3.8) is 0 Å². The summed E-state index contributed by atoms with van der Waals surface area (Å²) in [5, 5.41) is 4.89. The lowest BCUT2D eigenvalue weighted by Gasteiger charge is -2.51. The molecular weight excluding hydrogens is 432 g/mol. The van der Waals surface area contributed by atoms with Gasteiger partial charge in [-0.2, -0.15) is 0 Å². The first-order chi connectivity index (χ1) is 14.9. The number of imide groups is 1. The van der Waals surface area contributed by atoms with E-state index in [2.05, 4.69) is 34.2 Å². The van der Waals surface area contributed by atoms with Crippen LogP contribution in [0.5, 0.6) is 0 Å². The average Bonchev–Trinajstić information content (AvgIpc) is 3.17. The molecule has 8 heteroatoms. The molecule has 1 spiro atoms. The third-order valence-corrected chi connectivity index (χ3v) is 10.7. The molecule has 2 aliphatic carbocycles. The molecule has 2 bridgehead atoms. The van der Waals surface area contributed by atoms with E-state index in [4.69, 9.17) is 4.74 Å². The van der Waals surface area contributed by atoms with Gasteiger partial charge in [0.25, 0.3) is 5.91 Å². The third kappa shape index (κ3) is 4.90. The summed E-state index contributed by atoms with van der Waals surface area (Å²) < 4.78 is 5.61. The van der Waals surface area contributed by atoms with Gasteiger partial charge in [-0.1, -0.05) is 24.1 Å². The van der Waals surface area contributed by atoms with Crippen LogP contribution >= 0.6 is 23.5 Å². The fraction of sp³-hybridized carbons (Fsp3) is 0.609. The van der Waals surface area contributed by atoms with Gasteiger partial charge in [-0.3, -0.25) is 14.9 Å². The molecule has 1 aromatic rings. The molecular formula is C23H30N2O4S2. The first kappa shape index (κ1) is 22.5. The molecule has 0 radical (unpaired) electrons. The lowest BCUT2D eigenvalue weighted by atomic mass is 9.67. The molecule has 0 aromatic heterocycles. The van der Waals surface area contributed by atoms with Crippen molar-refractivity contribution in [1.29, 1.82) is 0 Å². The number of thioether (sulfide) groups is 2. The van der Waals surface area contributed by atoms with Crippen LogP contribution in [-0.4, -0.2) is 40.1 Å². The number of esters is 1. The highest BCUT2D eigenvalue weighted by Crippen LogP contribution is 2.64. The second kappa shape index (κ2) is 9.45. The standard InChI is InChI=1S/C23H30N2O4S2/c1-14-6-7-19(15(2)10-14)24-22(28)25-20(26)13-29-21(27)16-11-17-4-3-5-18(12-16)23(17)30-8-9-31-23/h6-7,10,16-18H,3-5,8-9,11-13H2,1-2H3,(H2,24,25,26,28)/t16?,17-,18+. The molecule has 4 rings (SSSR count). The Hall–Kier alpha value is -1.67. The Bertz CT molecular complexity index is 853. The highest BCUT2D eigenvalue weighted by Gasteiger charge is 2.55. The van der Waals surface area contributed by atoms with Gasteiger partial charge in [0.15, 0.2) is 6.61 Å². The summed E-state index contributed by atoms with van der Waals surface area (Å²) >= 11 is 4.20. The molecule has 3 fully saturated rings. The fourth-order valence-corrected chi connectivity index (χ4v) is 9.26. The predicted molar refractivity (Wildman–Crippen MR) is 125 cm³/mol. The number of benzene rings is 1. The SMILES string of the molecule is Cc1ccc(NC(=O)NC(=O)COC(=O)C2C[C@H]3CCC[C@@H](C2)C32SCCS2)c(C)c1. The zero-order valence-electron chi connectivity index (χ0n) is 18.1. The molecule has 2 saturated carbocycles. The highest BCUT2D eigenvalue weighted by atomic mass is 32.2. The molecule has 6 nitrogen and oxygen atoms in total. The second-order valence-corrected chi connectivity index (χ2v) is 11.8. The molecule has 2 N–H and O–H groups in total. The fourth-order valence-electron chi connectivity index (χ4n) is 5.33. The quantitative estimate of drug-likeness (QED) is 0.641. The summed E-state index contributed by atoms with van der Waals surface area (Å²) in [5.41, 5.74) is 2.64. The van der Waals surface area contributed by atoms with E-state index in [1.165, 1.54) is 30.8 Å². The summed E-state index contributed by atoms with van der Waals surface area (Å²) in [6, 6.07) is 5.00. The van der Waals surface area contributed by atoms with Crippen LogP contribution in [0.15, 0.2) is 18.2 Å². The zero-order chi connectivity index (χ0) is 22.0. The number of anilines is 1.